The molecular formula is C15H11NO5. The van der Waals surface area contributed by atoms with Crippen LogP contribution in [-0.4, -0.2) is 28.1 Å². The van der Waals surface area contributed by atoms with Crippen LogP contribution in [0.1, 0.15) is 31.1 Å². The molecule has 0 fully saturated rings. The summed E-state index contributed by atoms with van der Waals surface area (Å²) in [4.78, 5) is 33.5. The van der Waals surface area contributed by atoms with E-state index in [1.807, 2.05) is 0 Å². The highest BCUT2D eigenvalue weighted by atomic mass is 16.4. The summed E-state index contributed by atoms with van der Waals surface area (Å²) in [6.45, 7) is 0. The number of hydrogen-bond donors (Lipinski definition) is 3. The molecule has 6 heteroatoms. The molecule has 0 aliphatic carbocycles. The molecule has 2 rings (SSSR count). The van der Waals surface area contributed by atoms with E-state index in [9.17, 15) is 14.4 Å². The van der Waals surface area contributed by atoms with E-state index in [0.29, 0.717) is 5.69 Å². The van der Waals surface area contributed by atoms with Crippen molar-refractivity contribution in [3.63, 3.8) is 0 Å². The average Bonchev–Trinajstić information content (AvgIpc) is 2.48. The van der Waals surface area contributed by atoms with E-state index < -0.39 is 17.8 Å². The third-order valence-corrected chi connectivity index (χ3v) is 2.76. The molecule has 0 aromatic heterocycles. The average molecular weight is 285 g/mol. The van der Waals surface area contributed by atoms with Crippen LogP contribution in [0.15, 0.2) is 48.5 Å². The maximum Gasteiger partial charge on any atom is 0.335 e. The minimum absolute atomic E-state index is 0.0175. The standard InChI is InChI=1S/C15H11NO5/c17-13(10-2-1-3-11(8-10)15(20)21)16-12-6-4-9(5-7-12)14(18)19/h1-8H,(H,16,17)(H,18,19)(H,20,21). The summed E-state index contributed by atoms with van der Waals surface area (Å²) in [5.74, 6) is -2.64. The Bertz CT molecular complexity index is 706. The van der Waals surface area contributed by atoms with Crippen molar-refractivity contribution in [3.05, 3.63) is 65.2 Å². The number of carboxylic acid groups (broad SMARTS) is 2. The second-order valence-corrected chi connectivity index (χ2v) is 4.22. The SMILES string of the molecule is O=C(O)c1ccc(NC(=O)c2cccc(C(=O)O)c2)cc1. The summed E-state index contributed by atoms with van der Waals surface area (Å²) < 4.78 is 0. The molecule has 0 aliphatic rings. The van der Waals surface area contributed by atoms with Crippen LogP contribution in [-0.2, 0) is 0 Å². The fourth-order valence-electron chi connectivity index (χ4n) is 1.69. The van der Waals surface area contributed by atoms with Crippen LogP contribution in [0.5, 0.6) is 0 Å². The summed E-state index contributed by atoms with van der Waals surface area (Å²) in [6.07, 6.45) is 0. The van der Waals surface area contributed by atoms with Gasteiger partial charge in [-0.1, -0.05) is 6.07 Å². The smallest absolute Gasteiger partial charge is 0.335 e. The van der Waals surface area contributed by atoms with Gasteiger partial charge in [-0.25, -0.2) is 9.59 Å². The molecule has 21 heavy (non-hydrogen) atoms. The van der Waals surface area contributed by atoms with Gasteiger partial charge in [-0.15, -0.1) is 0 Å². The van der Waals surface area contributed by atoms with Gasteiger partial charge in [-0.3, -0.25) is 4.79 Å². The normalized spacial score (nSPS) is 9.90. The molecule has 2 aromatic carbocycles. The lowest BCUT2D eigenvalue weighted by atomic mass is 10.1. The fraction of sp³-hybridized carbons (Fsp3) is 0. The lowest BCUT2D eigenvalue weighted by Gasteiger charge is -2.06. The fourth-order valence-corrected chi connectivity index (χ4v) is 1.69. The number of amides is 1. The summed E-state index contributed by atoms with van der Waals surface area (Å²) in [6, 6.07) is 11.3. The number of carbonyl (C=O) groups is 3. The zero-order valence-electron chi connectivity index (χ0n) is 10.7. The Morgan fingerprint density at radius 1 is 0.762 bits per heavy atom. The molecule has 0 radical (unpaired) electrons. The molecule has 0 bridgehead atoms. The van der Waals surface area contributed by atoms with Gasteiger partial charge in [-0.2, -0.15) is 0 Å². The Hall–Kier alpha value is -3.15. The minimum atomic E-state index is -1.12. The van der Waals surface area contributed by atoms with Crippen LogP contribution in [0.25, 0.3) is 0 Å². The number of aromatic carboxylic acids is 2. The molecule has 1 amide bonds. The van der Waals surface area contributed by atoms with Crippen molar-refractivity contribution in [3.8, 4) is 0 Å². The Balaban J connectivity index is 2.16. The second-order valence-electron chi connectivity index (χ2n) is 4.22. The highest BCUT2D eigenvalue weighted by Gasteiger charge is 2.10. The van der Waals surface area contributed by atoms with Crippen LogP contribution in [0.3, 0.4) is 0 Å². The van der Waals surface area contributed by atoms with Gasteiger partial charge >= 0.3 is 11.9 Å². The maximum absolute atomic E-state index is 12.0. The van der Waals surface area contributed by atoms with E-state index >= 15 is 0 Å². The Labute approximate surface area is 119 Å². The van der Waals surface area contributed by atoms with Crippen molar-refractivity contribution >= 4 is 23.5 Å². The van der Waals surface area contributed by atoms with Gasteiger partial charge in [0.25, 0.3) is 5.91 Å². The first-order valence-electron chi connectivity index (χ1n) is 5.95. The predicted octanol–water partition coefficient (Wildman–Crippen LogP) is 2.34. The number of hydrogen-bond acceptors (Lipinski definition) is 3. The van der Waals surface area contributed by atoms with Crippen LogP contribution in [0.2, 0.25) is 0 Å². The minimum Gasteiger partial charge on any atom is -0.478 e. The summed E-state index contributed by atoms with van der Waals surface area (Å²) in [5, 5.41) is 20.2. The molecule has 0 saturated heterocycles. The summed E-state index contributed by atoms with van der Waals surface area (Å²) >= 11 is 0. The number of carbonyl (C=O) groups excluding carboxylic acids is 1. The Kier molecular flexibility index (Phi) is 3.99. The second kappa shape index (κ2) is 5.87. The first kappa shape index (κ1) is 14.3. The molecule has 0 spiro atoms. The number of nitrogens with one attached hydrogen (secondary N) is 1. The first-order valence-corrected chi connectivity index (χ1v) is 5.95. The van der Waals surface area contributed by atoms with E-state index in [-0.39, 0.29) is 16.7 Å². The highest BCUT2D eigenvalue weighted by molar-refractivity contribution is 6.05. The van der Waals surface area contributed by atoms with Gasteiger partial charge in [-0.05, 0) is 42.5 Å². The van der Waals surface area contributed by atoms with Gasteiger partial charge in [0.2, 0.25) is 0 Å². The topological polar surface area (TPSA) is 104 Å². The number of carboxylic acids is 2. The molecule has 106 valence electrons. The van der Waals surface area contributed by atoms with E-state index in [0.717, 1.165) is 0 Å². The largest absolute Gasteiger partial charge is 0.478 e. The van der Waals surface area contributed by atoms with Crippen LogP contribution in [0.4, 0.5) is 5.69 Å². The highest BCUT2D eigenvalue weighted by Crippen LogP contribution is 2.12. The molecule has 0 saturated carbocycles. The zero-order valence-corrected chi connectivity index (χ0v) is 10.7. The molecule has 0 aliphatic heterocycles. The lowest BCUT2D eigenvalue weighted by molar-refractivity contribution is 0.0686. The van der Waals surface area contributed by atoms with Crippen molar-refractivity contribution in [2.24, 2.45) is 0 Å². The van der Waals surface area contributed by atoms with Crippen LogP contribution >= 0.6 is 0 Å². The van der Waals surface area contributed by atoms with E-state index in [1.54, 1.807) is 0 Å². The predicted molar refractivity (Wildman–Crippen MR) is 74.8 cm³/mol. The van der Waals surface area contributed by atoms with Gasteiger partial charge in [0, 0.05) is 11.3 Å². The number of rotatable bonds is 4. The molecule has 2 aromatic rings. The molecule has 0 atom stereocenters. The van der Waals surface area contributed by atoms with Crippen molar-refractivity contribution in [2.45, 2.75) is 0 Å². The number of benzene rings is 2. The van der Waals surface area contributed by atoms with Gasteiger partial charge in [0.15, 0.2) is 0 Å². The quantitative estimate of drug-likeness (QED) is 0.799. The molecule has 6 nitrogen and oxygen atoms in total. The van der Waals surface area contributed by atoms with Crippen molar-refractivity contribution in [1.82, 2.24) is 0 Å². The zero-order chi connectivity index (χ0) is 15.4. The Morgan fingerprint density at radius 2 is 1.33 bits per heavy atom. The van der Waals surface area contributed by atoms with Gasteiger partial charge in [0.1, 0.15) is 0 Å². The summed E-state index contributed by atoms with van der Waals surface area (Å²) in [5.41, 5.74) is 0.757. The third kappa shape index (κ3) is 3.44. The van der Waals surface area contributed by atoms with Gasteiger partial charge < -0.3 is 15.5 Å². The van der Waals surface area contributed by atoms with Crippen LogP contribution < -0.4 is 5.32 Å². The van der Waals surface area contributed by atoms with Crippen LogP contribution in [0, 0.1) is 0 Å². The van der Waals surface area contributed by atoms with E-state index in [2.05, 4.69) is 5.32 Å². The first-order chi connectivity index (χ1) is 9.97. The number of anilines is 1. The van der Waals surface area contributed by atoms with Crippen molar-refractivity contribution in [1.29, 1.82) is 0 Å². The lowest BCUT2D eigenvalue weighted by Crippen LogP contribution is -2.13. The molecular weight excluding hydrogens is 274 g/mol. The molecule has 0 heterocycles. The Morgan fingerprint density at radius 3 is 1.90 bits per heavy atom. The van der Waals surface area contributed by atoms with E-state index in [4.69, 9.17) is 10.2 Å². The van der Waals surface area contributed by atoms with Crippen molar-refractivity contribution in [2.75, 3.05) is 5.32 Å². The monoisotopic (exact) mass is 285 g/mol. The summed E-state index contributed by atoms with van der Waals surface area (Å²) in [7, 11) is 0. The molecule has 0 unspecified atom stereocenters. The van der Waals surface area contributed by atoms with E-state index in [1.165, 1.54) is 48.5 Å². The molecule has 3 N–H and O–H groups in total. The van der Waals surface area contributed by atoms with Gasteiger partial charge in [0.05, 0.1) is 11.1 Å². The van der Waals surface area contributed by atoms with Crippen molar-refractivity contribution < 1.29 is 24.6 Å². The maximum atomic E-state index is 12.0. The third-order valence-electron chi connectivity index (χ3n) is 2.76.